The number of aliphatic hydroxyl groups is 1. The Bertz CT molecular complexity index is 635. The first kappa shape index (κ1) is 14.7. The summed E-state index contributed by atoms with van der Waals surface area (Å²) in [5.41, 5.74) is 1.50. The van der Waals surface area contributed by atoms with Crippen molar-refractivity contribution in [3.8, 4) is 0 Å². The number of carbonyl (C=O) groups excluding carboxylic acids is 1. The number of piperidine rings is 1. The number of nitrogens with one attached hydrogen (secondary N) is 2. The molecule has 0 spiro atoms. The molecule has 22 heavy (non-hydrogen) atoms. The van der Waals surface area contributed by atoms with E-state index in [1.807, 2.05) is 0 Å². The molecular weight excluding hydrogens is 284 g/mol. The fraction of sp³-hybridized carbons (Fsp3) is 0.571. The van der Waals surface area contributed by atoms with Gasteiger partial charge in [-0.2, -0.15) is 0 Å². The van der Waals surface area contributed by atoms with E-state index in [2.05, 4.69) is 30.2 Å². The molecule has 2 aromatic rings. The van der Waals surface area contributed by atoms with Crippen LogP contribution in [0, 0.1) is 5.92 Å². The Morgan fingerprint density at radius 1 is 1.36 bits per heavy atom. The van der Waals surface area contributed by atoms with Crippen LogP contribution in [-0.2, 0) is 4.79 Å². The molecule has 1 aliphatic rings. The van der Waals surface area contributed by atoms with Crippen LogP contribution in [0.25, 0.3) is 11.2 Å². The maximum Gasteiger partial charge on any atom is 0.223 e. The number of carbonyl (C=O) groups is 1. The zero-order valence-corrected chi connectivity index (χ0v) is 12.3. The summed E-state index contributed by atoms with van der Waals surface area (Å²) in [6.07, 6.45) is 5.33. The lowest BCUT2D eigenvalue weighted by Gasteiger charge is -2.32. The van der Waals surface area contributed by atoms with E-state index in [-0.39, 0.29) is 18.4 Å². The summed E-state index contributed by atoms with van der Waals surface area (Å²) in [6, 6.07) is 0. The maximum absolute atomic E-state index is 12.0. The lowest BCUT2D eigenvalue weighted by Crippen LogP contribution is -2.41. The summed E-state index contributed by atoms with van der Waals surface area (Å²) in [5, 5.41) is 11.6. The molecule has 1 amide bonds. The number of aliphatic hydroxyl groups excluding tert-OH is 1. The van der Waals surface area contributed by atoms with E-state index in [1.54, 1.807) is 6.33 Å². The van der Waals surface area contributed by atoms with Crippen LogP contribution in [0.4, 0.5) is 5.82 Å². The molecule has 1 aliphatic heterocycles. The Kier molecular flexibility index (Phi) is 4.47. The van der Waals surface area contributed by atoms with Crippen LogP contribution in [0.3, 0.4) is 0 Å². The lowest BCUT2D eigenvalue weighted by atomic mass is 9.96. The fourth-order valence-corrected chi connectivity index (χ4v) is 2.78. The van der Waals surface area contributed by atoms with E-state index in [9.17, 15) is 4.79 Å². The van der Waals surface area contributed by atoms with Crippen LogP contribution in [0.1, 0.15) is 19.3 Å². The molecule has 2 aromatic heterocycles. The molecule has 0 saturated carbocycles. The second-order valence-electron chi connectivity index (χ2n) is 5.43. The van der Waals surface area contributed by atoms with Crippen molar-refractivity contribution in [2.45, 2.75) is 19.3 Å². The van der Waals surface area contributed by atoms with E-state index in [0.717, 1.165) is 37.3 Å². The average molecular weight is 304 g/mol. The van der Waals surface area contributed by atoms with Gasteiger partial charge in [0, 0.05) is 32.2 Å². The minimum absolute atomic E-state index is 0.0361. The van der Waals surface area contributed by atoms with Gasteiger partial charge in [-0.1, -0.05) is 0 Å². The number of nitrogens with zero attached hydrogens (tertiary/aromatic N) is 4. The first-order valence-corrected chi connectivity index (χ1v) is 7.57. The van der Waals surface area contributed by atoms with Crippen molar-refractivity contribution in [1.82, 2.24) is 25.3 Å². The van der Waals surface area contributed by atoms with Crippen LogP contribution in [-0.4, -0.2) is 57.2 Å². The van der Waals surface area contributed by atoms with Crippen LogP contribution in [0.2, 0.25) is 0 Å². The predicted molar refractivity (Wildman–Crippen MR) is 81.3 cm³/mol. The van der Waals surface area contributed by atoms with E-state index in [4.69, 9.17) is 5.11 Å². The van der Waals surface area contributed by atoms with Gasteiger partial charge in [-0.25, -0.2) is 15.0 Å². The second kappa shape index (κ2) is 6.69. The molecule has 118 valence electrons. The van der Waals surface area contributed by atoms with Gasteiger partial charge >= 0.3 is 0 Å². The molecule has 3 N–H and O–H groups in total. The third-order valence-electron chi connectivity index (χ3n) is 4.00. The van der Waals surface area contributed by atoms with Crippen molar-refractivity contribution < 1.29 is 9.90 Å². The normalized spacial score (nSPS) is 16.1. The number of anilines is 1. The highest BCUT2D eigenvalue weighted by atomic mass is 16.3. The third kappa shape index (κ3) is 3.01. The van der Waals surface area contributed by atoms with Crippen molar-refractivity contribution in [2.24, 2.45) is 5.92 Å². The van der Waals surface area contributed by atoms with Crippen molar-refractivity contribution in [3.05, 3.63) is 12.7 Å². The zero-order chi connectivity index (χ0) is 15.4. The largest absolute Gasteiger partial charge is 0.396 e. The molecule has 1 saturated heterocycles. The molecule has 0 unspecified atom stereocenters. The maximum atomic E-state index is 12.0. The molecule has 8 heteroatoms. The number of amides is 1. The molecule has 3 heterocycles. The van der Waals surface area contributed by atoms with E-state index >= 15 is 0 Å². The first-order valence-electron chi connectivity index (χ1n) is 7.57. The van der Waals surface area contributed by atoms with Gasteiger partial charge in [0.25, 0.3) is 0 Å². The van der Waals surface area contributed by atoms with Crippen molar-refractivity contribution in [1.29, 1.82) is 0 Å². The summed E-state index contributed by atoms with van der Waals surface area (Å²) in [7, 11) is 0. The fourth-order valence-electron chi connectivity index (χ4n) is 2.78. The van der Waals surface area contributed by atoms with Gasteiger partial charge in [-0.05, 0) is 19.3 Å². The number of rotatable bonds is 5. The molecule has 0 radical (unpaired) electrons. The summed E-state index contributed by atoms with van der Waals surface area (Å²) in [5.74, 6) is 0.971. The Balaban J connectivity index is 1.60. The van der Waals surface area contributed by atoms with Gasteiger partial charge < -0.3 is 20.3 Å². The van der Waals surface area contributed by atoms with Crippen LogP contribution in [0.15, 0.2) is 12.7 Å². The topological polar surface area (TPSA) is 107 Å². The minimum atomic E-state index is 0.0361. The number of imidazole rings is 1. The van der Waals surface area contributed by atoms with E-state index < -0.39 is 0 Å². The predicted octanol–water partition coefficient (Wildman–Crippen LogP) is 0.0679. The molecule has 0 aromatic carbocycles. The lowest BCUT2D eigenvalue weighted by molar-refractivity contribution is -0.125. The summed E-state index contributed by atoms with van der Waals surface area (Å²) < 4.78 is 0. The number of hydrogen-bond acceptors (Lipinski definition) is 6. The van der Waals surface area contributed by atoms with E-state index in [1.165, 1.54) is 6.33 Å². The third-order valence-corrected chi connectivity index (χ3v) is 4.00. The van der Waals surface area contributed by atoms with Crippen molar-refractivity contribution in [2.75, 3.05) is 31.1 Å². The van der Waals surface area contributed by atoms with Crippen molar-refractivity contribution in [3.63, 3.8) is 0 Å². The number of aromatic amines is 1. The number of aromatic nitrogens is 4. The van der Waals surface area contributed by atoms with Gasteiger partial charge in [-0.3, -0.25) is 4.79 Å². The second-order valence-corrected chi connectivity index (χ2v) is 5.43. The molecule has 0 atom stereocenters. The summed E-state index contributed by atoms with van der Waals surface area (Å²) >= 11 is 0. The summed E-state index contributed by atoms with van der Waals surface area (Å²) in [6.45, 7) is 2.20. The zero-order valence-electron chi connectivity index (χ0n) is 12.3. The van der Waals surface area contributed by atoms with Crippen LogP contribution >= 0.6 is 0 Å². The van der Waals surface area contributed by atoms with Crippen LogP contribution in [0.5, 0.6) is 0 Å². The number of H-pyrrole nitrogens is 1. The Morgan fingerprint density at radius 3 is 2.95 bits per heavy atom. The minimum Gasteiger partial charge on any atom is -0.396 e. The van der Waals surface area contributed by atoms with Gasteiger partial charge in [0.15, 0.2) is 11.5 Å². The Morgan fingerprint density at radius 2 is 2.18 bits per heavy atom. The average Bonchev–Trinajstić information content (AvgIpc) is 3.04. The van der Waals surface area contributed by atoms with Gasteiger partial charge in [-0.15, -0.1) is 0 Å². The monoisotopic (exact) mass is 304 g/mol. The Hall–Kier alpha value is -2.22. The van der Waals surface area contributed by atoms with Gasteiger partial charge in [0.05, 0.1) is 6.33 Å². The smallest absolute Gasteiger partial charge is 0.223 e. The van der Waals surface area contributed by atoms with E-state index in [0.29, 0.717) is 18.6 Å². The highest BCUT2D eigenvalue weighted by Gasteiger charge is 2.26. The molecule has 8 nitrogen and oxygen atoms in total. The molecule has 0 bridgehead atoms. The quantitative estimate of drug-likeness (QED) is 0.675. The Labute approximate surface area is 128 Å². The van der Waals surface area contributed by atoms with Crippen LogP contribution < -0.4 is 10.2 Å². The first-order chi connectivity index (χ1) is 10.8. The van der Waals surface area contributed by atoms with Gasteiger partial charge in [0.2, 0.25) is 5.91 Å². The van der Waals surface area contributed by atoms with Gasteiger partial charge in [0.1, 0.15) is 11.8 Å². The number of hydrogen-bond donors (Lipinski definition) is 3. The molecule has 0 aliphatic carbocycles. The SMILES string of the molecule is O=C(NCCCO)C1CCN(c2ncnc3nc[nH]c23)CC1. The molecule has 3 rings (SSSR count). The molecular formula is C14H20N6O2. The van der Waals surface area contributed by atoms with Crippen molar-refractivity contribution >= 4 is 22.9 Å². The molecule has 1 fully saturated rings. The number of fused-ring (bicyclic) bond motifs is 1. The standard InChI is InChI=1S/C14H20N6O2/c21-7-1-4-15-14(22)10-2-5-20(6-3-10)13-11-12(17-8-16-11)18-9-19-13/h8-10,21H,1-7H2,(H,15,22)(H,16,17,18,19). The highest BCUT2D eigenvalue weighted by molar-refractivity contribution is 5.83. The highest BCUT2D eigenvalue weighted by Crippen LogP contribution is 2.25. The summed E-state index contributed by atoms with van der Waals surface area (Å²) in [4.78, 5) is 29.9.